The number of likely N-dealkylation sites (N-methyl/N-ethyl adjacent to an activating group) is 1. The summed E-state index contributed by atoms with van der Waals surface area (Å²) in [6.45, 7) is 4.11. The Labute approximate surface area is 562 Å². The van der Waals surface area contributed by atoms with E-state index in [1.165, 1.54) is 199 Å². The van der Waals surface area contributed by atoms with E-state index in [1.54, 1.807) is 0 Å². The number of carbonyl (C=O) groups excluding carboxylic acids is 2. The Kier molecular flexibility index (Phi) is 67.9. The predicted octanol–water partition coefficient (Wildman–Crippen LogP) is 24.4. The first-order valence-corrected chi connectivity index (χ1v) is 39.2. The molecule has 0 aromatic rings. The average molecular weight is 1290 g/mol. The van der Waals surface area contributed by atoms with Crippen molar-refractivity contribution in [1.29, 1.82) is 0 Å². The van der Waals surface area contributed by atoms with E-state index in [0.29, 0.717) is 17.4 Å². The molecule has 0 aliphatic rings. The summed E-state index contributed by atoms with van der Waals surface area (Å²) >= 11 is 0. The van der Waals surface area contributed by atoms with Gasteiger partial charge in [-0.1, -0.05) is 347 Å². The van der Waals surface area contributed by atoms with Crippen LogP contribution in [0.15, 0.2) is 122 Å². The number of nitrogens with zero attached hydrogens (tertiary/aromatic N) is 1. The number of hydrogen-bond acceptors (Lipinski definition) is 8. The summed E-state index contributed by atoms with van der Waals surface area (Å²) in [6, 6.07) is 0. The van der Waals surface area contributed by atoms with Crippen LogP contribution in [0.5, 0.6) is 0 Å². The topological polar surface area (TPSA) is 111 Å². The molecule has 0 aromatic carbocycles. The summed E-state index contributed by atoms with van der Waals surface area (Å²) in [5.74, 6) is -0.880. The molecule has 91 heavy (non-hydrogen) atoms. The molecule has 0 aliphatic carbocycles. The SMILES string of the molecule is CC/C=C\C/C=C\C/C=C\C/C=C\C/C=C\C/C=C\C/C=C\C/C=C\C/C=C\C/C=C\CCCCC(=O)OC(COC(=O)CCCCCCCCCCCCCCCCCCCCCCCCCCCCCCCCCCCC)COP(=O)([O-])OCC[N+](C)(C)C. The normalized spacial score (nSPS) is 13.8. The maximum absolute atomic E-state index is 12.9. The van der Waals surface area contributed by atoms with Gasteiger partial charge in [0.2, 0.25) is 0 Å². The number of ether oxygens (including phenoxy) is 2. The monoisotopic (exact) mass is 1290 g/mol. The first kappa shape index (κ1) is 87.4. The van der Waals surface area contributed by atoms with Gasteiger partial charge in [0, 0.05) is 12.8 Å². The lowest BCUT2D eigenvalue weighted by Gasteiger charge is -2.28. The van der Waals surface area contributed by atoms with Crippen molar-refractivity contribution in [3.63, 3.8) is 0 Å². The van der Waals surface area contributed by atoms with Gasteiger partial charge in [-0.3, -0.25) is 14.2 Å². The number of hydrogen-bond donors (Lipinski definition) is 0. The zero-order chi connectivity index (χ0) is 66.2. The molecule has 0 spiro atoms. The van der Waals surface area contributed by atoms with Crippen molar-refractivity contribution in [2.75, 3.05) is 47.5 Å². The molecular formula is C81H142NO8P. The minimum Gasteiger partial charge on any atom is -0.756 e. The van der Waals surface area contributed by atoms with Crippen molar-refractivity contribution in [3.05, 3.63) is 122 Å². The van der Waals surface area contributed by atoms with E-state index in [-0.39, 0.29) is 26.1 Å². The second-order valence-electron chi connectivity index (χ2n) is 26.3. The molecule has 0 aromatic heterocycles. The number of quaternary nitrogens is 1. The molecule has 0 heterocycles. The fourth-order valence-electron chi connectivity index (χ4n) is 10.5. The quantitative estimate of drug-likeness (QED) is 0.0195. The summed E-state index contributed by atoms with van der Waals surface area (Å²) in [5.41, 5.74) is 0. The van der Waals surface area contributed by atoms with Gasteiger partial charge in [0.05, 0.1) is 27.7 Å². The van der Waals surface area contributed by atoms with Crippen LogP contribution < -0.4 is 4.89 Å². The van der Waals surface area contributed by atoms with Gasteiger partial charge in [-0.2, -0.15) is 0 Å². The van der Waals surface area contributed by atoms with Gasteiger partial charge >= 0.3 is 11.9 Å². The number of phosphoric acid groups is 1. The second kappa shape index (κ2) is 70.7. The van der Waals surface area contributed by atoms with E-state index in [0.717, 1.165) is 96.3 Å². The Morgan fingerprint density at radius 3 is 0.934 bits per heavy atom. The number of esters is 2. The lowest BCUT2D eigenvalue weighted by atomic mass is 10.0. The number of carbonyl (C=O) groups is 2. The average Bonchev–Trinajstić information content (AvgIpc) is 3.62. The third-order valence-electron chi connectivity index (χ3n) is 16.2. The van der Waals surface area contributed by atoms with Crippen molar-refractivity contribution < 1.29 is 42.1 Å². The second-order valence-corrected chi connectivity index (χ2v) is 27.7. The number of unbranched alkanes of at least 4 members (excludes halogenated alkanes) is 35. The van der Waals surface area contributed by atoms with Crippen LogP contribution in [-0.4, -0.2) is 70.0 Å². The molecule has 0 aliphatic heterocycles. The van der Waals surface area contributed by atoms with Crippen LogP contribution in [0, 0.1) is 0 Å². The highest BCUT2D eigenvalue weighted by atomic mass is 31.2. The minimum absolute atomic E-state index is 0.0444. The summed E-state index contributed by atoms with van der Waals surface area (Å²) in [7, 11) is 1.13. The van der Waals surface area contributed by atoms with E-state index < -0.39 is 32.5 Å². The number of allylic oxidation sites excluding steroid dienone is 20. The molecule has 0 saturated carbocycles. The molecule has 0 saturated heterocycles. The van der Waals surface area contributed by atoms with Crippen molar-refractivity contribution in [2.24, 2.45) is 0 Å². The van der Waals surface area contributed by atoms with Crippen molar-refractivity contribution in [1.82, 2.24) is 0 Å². The highest BCUT2D eigenvalue weighted by Crippen LogP contribution is 2.38. The molecule has 0 bridgehead atoms. The first-order chi connectivity index (χ1) is 44.5. The van der Waals surface area contributed by atoms with E-state index in [9.17, 15) is 19.0 Å². The maximum Gasteiger partial charge on any atom is 0.306 e. The Bertz CT molecular complexity index is 1950. The van der Waals surface area contributed by atoms with E-state index in [4.69, 9.17) is 18.5 Å². The van der Waals surface area contributed by atoms with Crippen molar-refractivity contribution in [3.8, 4) is 0 Å². The molecule has 2 atom stereocenters. The minimum atomic E-state index is -4.66. The maximum atomic E-state index is 12.9. The Morgan fingerprint density at radius 1 is 0.352 bits per heavy atom. The number of rotatable bonds is 69. The van der Waals surface area contributed by atoms with Crippen LogP contribution in [0.2, 0.25) is 0 Å². The highest BCUT2D eigenvalue weighted by molar-refractivity contribution is 7.45. The zero-order valence-corrected chi connectivity index (χ0v) is 60.7. The van der Waals surface area contributed by atoms with E-state index >= 15 is 0 Å². The fraction of sp³-hybridized carbons (Fsp3) is 0.728. The van der Waals surface area contributed by atoms with E-state index in [1.807, 2.05) is 21.1 Å². The van der Waals surface area contributed by atoms with Gasteiger partial charge in [-0.15, -0.1) is 0 Å². The molecule has 0 fully saturated rings. The van der Waals surface area contributed by atoms with Crippen LogP contribution in [0.4, 0.5) is 0 Å². The van der Waals surface area contributed by atoms with Gasteiger partial charge in [-0.05, 0) is 89.9 Å². The smallest absolute Gasteiger partial charge is 0.306 e. The van der Waals surface area contributed by atoms with Crippen LogP contribution >= 0.6 is 7.82 Å². The molecule has 2 unspecified atom stereocenters. The predicted molar refractivity (Wildman–Crippen MR) is 392 cm³/mol. The van der Waals surface area contributed by atoms with Crippen LogP contribution in [-0.2, 0) is 32.7 Å². The van der Waals surface area contributed by atoms with Gasteiger partial charge in [-0.25, -0.2) is 0 Å². The summed E-state index contributed by atoms with van der Waals surface area (Å²) in [5, 5.41) is 0. The summed E-state index contributed by atoms with van der Waals surface area (Å²) < 4.78 is 34.3. The van der Waals surface area contributed by atoms with Gasteiger partial charge in [0.15, 0.2) is 6.10 Å². The molecular weight excluding hydrogens is 1150 g/mol. The summed E-state index contributed by atoms with van der Waals surface area (Å²) in [6.07, 6.45) is 102. The zero-order valence-electron chi connectivity index (χ0n) is 59.8. The molecule has 10 heteroatoms. The molecule has 0 N–H and O–H groups in total. The van der Waals surface area contributed by atoms with Gasteiger partial charge in [0.25, 0.3) is 7.82 Å². The first-order valence-electron chi connectivity index (χ1n) is 37.7. The third kappa shape index (κ3) is 75.3. The Balaban J connectivity index is 4.09. The Hall–Kier alpha value is -3.59. The van der Waals surface area contributed by atoms with Gasteiger partial charge in [0.1, 0.15) is 19.8 Å². The lowest BCUT2D eigenvalue weighted by Crippen LogP contribution is -2.37. The highest BCUT2D eigenvalue weighted by Gasteiger charge is 2.22. The van der Waals surface area contributed by atoms with Crippen molar-refractivity contribution in [2.45, 2.75) is 335 Å². The fourth-order valence-corrected chi connectivity index (χ4v) is 11.2. The Morgan fingerprint density at radius 2 is 0.626 bits per heavy atom. The lowest BCUT2D eigenvalue weighted by molar-refractivity contribution is -0.870. The van der Waals surface area contributed by atoms with Gasteiger partial charge < -0.3 is 27.9 Å². The summed E-state index contributed by atoms with van der Waals surface area (Å²) in [4.78, 5) is 38.1. The van der Waals surface area contributed by atoms with Crippen molar-refractivity contribution >= 4 is 19.8 Å². The van der Waals surface area contributed by atoms with Crippen LogP contribution in [0.1, 0.15) is 328 Å². The molecule has 0 radical (unpaired) electrons. The molecule has 0 rings (SSSR count). The largest absolute Gasteiger partial charge is 0.756 e. The van der Waals surface area contributed by atoms with E-state index in [2.05, 4.69) is 135 Å². The molecule has 9 nitrogen and oxygen atoms in total. The standard InChI is InChI=1S/C81H142NO8P/c1-6-8-10-12-14-16-18-20-22-24-26-28-30-32-34-36-38-40-42-43-45-47-49-51-53-55-57-59-61-63-65-67-69-71-73-80(83)87-77-79(78-89-91(85,86)88-76-75-82(3,4)5)90-81(84)74-72-70-68-66-64-62-60-58-56-54-52-50-48-46-44-41-39-37-35-33-31-29-27-25-23-21-19-17-15-13-11-9-7-2/h9,11,15,17,21,23,27,29,33,35,39,41,46,48,52,54,58,60,64,66,79H,6-8,10,12-14,16,18-20,22,24-26,28,30-32,34,36-38,40,42-45,47,49-51,53,55-57,59,61-63,65,67-78H2,1-5H3/b11-9-,17-15-,23-21-,29-27-,35-33-,41-39-,48-46-,54-52-,60-58-,66-64-. The third-order valence-corrected chi connectivity index (χ3v) is 17.2. The van der Waals surface area contributed by atoms with Crippen LogP contribution in [0.3, 0.4) is 0 Å². The molecule has 0 amide bonds. The molecule has 524 valence electrons. The van der Waals surface area contributed by atoms with Crippen LogP contribution in [0.25, 0.3) is 0 Å². The number of phosphoric ester groups is 1.